The first kappa shape index (κ1) is 15.4. The van der Waals surface area contributed by atoms with E-state index in [0.717, 1.165) is 12.1 Å². The van der Waals surface area contributed by atoms with Gasteiger partial charge in [-0.3, -0.25) is 9.59 Å². The molecule has 1 unspecified atom stereocenters. The Morgan fingerprint density at radius 2 is 2.05 bits per heavy atom. The van der Waals surface area contributed by atoms with Gasteiger partial charge in [0.1, 0.15) is 6.04 Å². The second-order valence-electron chi connectivity index (χ2n) is 3.80. The molecule has 0 heterocycles. The van der Waals surface area contributed by atoms with Crippen LogP contribution in [0, 0.1) is 11.6 Å². The van der Waals surface area contributed by atoms with Crippen molar-refractivity contribution in [1.82, 2.24) is 5.32 Å². The molecule has 1 rings (SSSR count). The van der Waals surface area contributed by atoms with Gasteiger partial charge in [-0.1, -0.05) is 0 Å². The van der Waals surface area contributed by atoms with E-state index >= 15 is 0 Å². The van der Waals surface area contributed by atoms with E-state index in [-0.39, 0.29) is 6.42 Å². The number of carboxylic acids is 1. The summed E-state index contributed by atoms with van der Waals surface area (Å²) in [5, 5.41) is 10.9. The Balaban J connectivity index is 2.35. The summed E-state index contributed by atoms with van der Waals surface area (Å²) in [5.41, 5.74) is 0. The van der Waals surface area contributed by atoms with Gasteiger partial charge in [0.25, 0.3) is 0 Å². The number of halogens is 2. The van der Waals surface area contributed by atoms with Crippen LogP contribution in [0.5, 0.6) is 0 Å². The maximum Gasteiger partial charge on any atom is 0.325 e. The molecular formula is C12H13F2NO3S. The SMILES string of the molecule is CC(NC(=O)CCSc1ccc(F)c(F)c1)C(=O)O. The summed E-state index contributed by atoms with van der Waals surface area (Å²) < 4.78 is 25.6. The van der Waals surface area contributed by atoms with E-state index in [0.29, 0.717) is 10.6 Å². The van der Waals surface area contributed by atoms with Crippen molar-refractivity contribution in [3.05, 3.63) is 29.8 Å². The Labute approximate surface area is 113 Å². The number of amides is 1. The Kier molecular flexibility index (Phi) is 5.75. The lowest BCUT2D eigenvalue weighted by Crippen LogP contribution is -2.38. The van der Waals surface area contributed by atoms with Crippen LogP contribution in [0.15, 0.2) is 23.1 Å². The van der Waals surface area contributed by atoms with Gasteiger partial charge < -0.3 is 10.4 Å². The lowest BCUT2D eigenvalue weighted by Gasteiger charge is -2.08. The minimum atomic E-state index is -1.11. The number of benzene rings is 1. The third kappa shape index (κ3) is 5.25. The maximum atomic E-state index is 12.9. The fourth-order valence-corrected chi connectivity index (χ4v) is 2.08. The summed E-state index contributed by atoms with van der Waals surface area (Å²) in [6.45, 7) is 1.36. The van der Waals surface area contributed by atoms with Gasteiger partial charge in [0.2, 0.25) is 5.91 Å². The first-order chi connectivity index (χ1) is 8.90. The largest absolute Gasteiger partial charge is 0.480 e. The monoisotopic (exact) mass is 289 g/mol. The number of rotatable bonds is 6. The van der Waals surface area contributed by atoms with Gasteiger partial charge in [-0.2, -0.15) is 0 Å². The highest BCUT2D eigenvalue weighted by atomic mass is 32.2. The summed E-state index contributed by atoms with van der Waals surface area (Å²) in [7, 11) is 0. The normalized spacial score (nSPS) is 11.9. The first-order valence-electron chi connectivity index (χ1n) is 5.50. The fourth-order valence-electron chi connectivity index (χ4n) is 1.20. The molecule has 0 bridgehead atoms. The molecule has 19 heavy (non-hydrogen) atoms. The predicted molar refractivity (Wildman–Crippen MR) is 66.9 cm³/mol. The molecule has 0 aromatic heterocycles. The average molecular weight is 289 g/mol. The molecule has 0 spiro atoms. The van der Waals surface area contributed by atoms with E-state index in [1.807, 2.05) is 0 Å². The summed E-state index contributed by atoms with van der Waals surface area (Å²) in [6, 6.07) is 2.55. The van der Waals surface area contributed by atoms with Gasteiger partial charge in [-0.05, 0) is 25.1 Å². The van der Waals surface area contributed by atoms with Crippen molar-refractivity contribution in [3.8, 4) is 0 Å². The van der Waals surface area contributed by atoms with Gasteiger partial charge in [-0.25, -0.2) is 8.78 Å². The lowest BCUT2D eigenvalue weighted by atomic mass is 10.3. The molecule has 2 N–H and O–H groups in total. The molecule has 0 aliphatic carbocycles. The Morgan fingerprint density at radius 3 is 2.63 bits per heavy atom. The second-order valence-corrected chi connectivity index (χ2v) is 4.97. The number of nitrogens with one attached hydrogen (secondary N) is 1. The first-order valence-corrected chi connectivity index (χ1v) is 6.48. The molecule has 7 heteroatoms. The third-order valence-electron chi connectivity index (χ3n) is 2.24. The van der Waals surface area contributed by atoms with Crippen molar-refractivity contribution in [3.63, 3.8) is 0 Å². The zero-order valence-electron chi connectivity index (χ0n) is 10.2. The van der Waals surface area contributed by atoms with E-state index in [9.17, 15) is 18.4 Å². The zero-order chi connectivity index (χ0) is 14.4. The number of hydrogen-bond donors (Lipinski definition) is 2. The maximum absolute atomic E-state index is 12.9. The van der Waals surface area contributed by atoms with E-state index in [4.69, 9.17) is 5.11 Å². The summed E-state index contributed by atoms with van der Waals surface area (Å²) >= 11 is 1.19. The van der Waals surface area contributed by atoms with Crippen molar-refractivity contribution in [2.24, 2.45) is 0 Å². The van der Waals surface area contributed by atoms with Crippen molar-refractivity contribution in [1.29, 1.82) is 0 Å². The number of aliphatic carboxylic acids is 1. The Hall–Kier alpha value is -1.63. The minimum absolute atomic E-state index is 0.0985. The smallest absolute Gasteiger partial charge is 0.325 e. The van der Waals surface area contributed by atoms with Crippen LogP contribution < -0.4 is 5.32 Å². The molecule has 1 aromatic rings. The summed E-state index contributed by atoms with van der Waals surface area (Å²) in [4.78, 5) is 22.4. The summed E-state index contributed by atoms with van der Waals surface area (Å²) in [6.07, 6.45) is 0.0985. The summed E-state index contributed by atoms with van der Waals surface area (Å²) in [5.74, 6) is -3.01. The van der Waals surface area contributed by atoms with Crippen LogP contribution in [0.1, 0.15) is 13.3 Å². The molecule has 0 saturated heterocycles. The number of thioether (sulfide) groups is 1. The number of carboxylic acid groups (broad SMARTS) is 1. The van der Waals surface area contributed by atoms with Gasteiger partial charge in [0.05, 0.1) is 0 Å². The number of carbonyl (C=O) groups is 2. The van der Waals surface area contributed by atoms with Crippen LogP contribution in [0.2, 0.25) is 0 Å². The molecule has 0 fully saturated rings. The van der Waals surface area contributed by atoms with E-state index in [2.05, 4.69) is 5.32 Å². The van der Waals surface area contributed by atoms with Crippen molar-refractivity contribution in [2.45, 2.75) is 24.3 Å². The zero-order valence-corrected chi connectivity index (χ0v) is 11.0. The van der Waals surface area contributed by atoms with Crippen LogP contribution in [0.25, 0.3) is 0 Å². The molecule has 0 saturated carbocycles. The minimum Gasteiger partial charge on any atom is -0.480 e. The molecule has 0 aliphatic rings. The molecule has 1 aromatic carbocycles. The average Bonchev–Trinajstić information content (AvgIpc) is 2.33. The van der Waals surface area contributed by atoms with Gasteiger partial charge >= 0.3 is 5.97 Å². The third-order valence-corrected chi connectivity index (χ3v) is 3.23. The van der Waals surface area contributed by atoms with Crippen molar-refractivity contribution < 1.29 is 23.5 Å². The second kappa shape index (κ2) is 7.08. The standard InChI is InChI=1S/C12H13F2NO3S/c1-7(12(17)18)15-11(16)4-5-19-8-2-3-9(13)10(14)6-8/h2-3,6-7H,4-5H2,1H3,(H,15,16)(H,17,18). The van der Waals surface area contributed by atoms with Crippen LogP contribution in [0.4, 0.5) is 8.78 Å². The molecule has 0 aliphatic heterocycles. The molecular weight excluding hydrogens is 276 g/mol. The van der Waals surface area contributed by atoms with Gasteiger partial charge in [-0.15, -0.1) is 11.8 Å². The van der Waals surface area contributed by atoms with Crippen LogP contribution in [-0.4, -0.2) is 28.8 Å². The highest BCUT2D eigenvalue weighted by Crippen LogP contribution is 2.20. The van der Waals surface area contributed by atoms with Gasteiger partial charge in [0, 0.05) is 17.1 Å². The van der Waals surface area contributed by atoms with E-state index < -0.39 is 29.6 Å². The molecule has 0 radical (unpaired) electrons. The predicted octanol–water partition coefficient (Wildman–Crippen LogP) is 2.04. The lowest BCUT2D eigenvalue weighted by molar-refractivity contribution is -0.141. The number of hydrogen-bond acceptors (Lipinski definition) is 3. The molecule has 104 valence electrons. The van der Waals surface area contributed by atoms with E-state index in [1.54, 1.807) is 0 Å². The highest BCUT2D eigenvalue weighted by Gasteiger charge is 2.13. The molecule has 1 atom stereocenters. The highest BCUT2D eigenvalue weighted by molar-refractivity contribution is 7.99. The topological polar surface area (TPSA) is 66.4 Å². The van der Waals surface area contributed by atoms with Crippen molar-refractivity contribution >= 4 is 23.6 Å². The van der Waals surface area contributed by atoms with Crippen LogP contribution in [0.3, 0.4) is 0 Å². The van der Waals surface area contributed by atoms with Crippen LogP contribution >= 0.6 is 11.8 Å². The number of carbonyl (C=O) groups excluding carboxylic acids is 1. The Bertz CT molecular complexity index is 482. The molecule has 1 amide bonds. The van der Waals surface area contributed by atoms with Gasteiger partial charge in [0.15, 0.2) is 11.6 Å². The molecule has 4 nitrogen and oxygen atoms in total. The Morgan fingerprint density at radius 1 is 1.37 bits per heavy atom. The van der Waals surface area contributed by atoms with Crippen molar-refractivity contribution in [2.75, 3.05) is 5.75 Å². The van der Waals surface area contributed by atoms with Crippen LogP contribution in [-0.2, 0) is 9.59 Å². The fraction of sp³-hybridized carbons (Fsp3) is 0.333. The quantitative estimate of drug-likeness (QED) is 0.786. The van der Waals surface area contributed by atoms with E-state index in [1.165, 1.54) is 24.8 Å².